The monoisotopic (exact) mass is 177 g/mol. The summed E-state index contributed by atoms with van der Waals surface area (Å²) in [6.45, 7) is 0. The molecule has 0 bridgehead atoms. The predicted octanol–water partition coefficient (Wildman–Crippen LogP) is 0.675. The fourth-order valence-corrected chi connectivity index (χ4v) is 0.840. The van der Waals surface area contributed by atoms with E-state index in [1.54, 1.807) is 0 Å². The van der Waals surface area contributed by atoms with Crippen molar-refractivity contribution in [1.82, 2.24) is 4.98 Å². The van der Waals surface area contributed by atoms with E-state index in [1.165, 1.54) is 18.3 Å². The average molecular weight is 177 g/mol. The Balaban J connectivity index is 2.82. The molecule has 0 aliphatic carbocycles. The Kier molecular flexibility index (Phi) is 2.04. The lowest BCUT2D eigenvalue weighted by molar-refractivity contribution is 0.439. The topological polar surface area (TPSA) is 56.3 Å². The number of hydrogen-bond acceptors (Lipinski definition) is 4. The van der Waals surface area contributed by atoms with E-state index in [0.29, 0.717) is 0 Å². The molecule has 0 N–H and O–H groups in total. The second-order valence-corrected chi connectivity index (χ2v) is 2.62. The third-order valence-electron chi connectivity index (χ3n) is 0.830. The highest BCUT2D eigenvalue weighted by Crippen LogP contribution is 2.09. The SMILES string of the molecule is O=S(=O)(F)Oc1cccnc1. The van der Waals surface area contributed by atoms with Crippen LogP contribution in [-0.4, -0.2) is 13.4 Å². The lowest BCUT2D eigenvalue weighted by Gasteiger charge is -1.95. The van der Waals surface area contributed by atoms with E-state index >= 15 is 0 Å². The molecule has 0 spiro atoms. The van der Waals surface area contributed by atoms with Crippen LogP contribution >= 0.6 is 0 Å². The summed E-state index contributed by atoms with van der Waals surface area (Å²) in [6.07, 6.45) is 2.51. The quantitative estimate of drug-likeness (QED) is 0.623. The number of pyridine rings is 1. The van der Waals surface area contributed by atoms with Crippen LogP contribution in [-0.2, 0) is 10.5 Å². The molecule has 0 atom stereocenters. The molecule has 0 aliphatic rings. The summed E-state index contributed by atoms with van der Waals surface area (Å²) in [4.78, 5) is 3.51. The molecule has 1 aromatic rings. The van der Waals surface area contributed by atoms with Gasteiger partial charge in [0.1, 0.15) is 0 Å². The minimum atomic E-state index is -4.92. The number of aromatic nitrogens is 1. The van der Waals surface area contributed by atoms with Gasteiger partial charge < -0.3 is 4.18 Å². The summed E-state index contributed by atoms with van der Waals surface area (Å²) in [7, 11) is -4.92. The van der Waals surface area contributed by atoms with Gasteiger partial charge in [-0.25, -0.2) is 0 Å². The molecule has 60 valence electrons. The van der Waals surface area contributed by atoms with Crippen LogP contribution in [0.2, 0.25) is 0 Å². The van der Waals surface area contributed by atoms with Gasteiger partial charge in [0, 0.05) is 6.20 Å². The second-order valence-electron chi connectivity index (χ2n) is 1.67. The van der Waals surface area contributed by atoms with Crippen LogP contribution < -0.4 is 4.18 Å². The van der Waals surface area contributed by atoms with Gasteiger partial charge in [0.2, 0.25) is 0 Å². The summed E-state index contributed by atoms with van der Waals surface area (Å²) in [5, 5.41) is 0. The van der Waals surface area contributed by atoms with Crippen LogP contribution in [0.4, 0.5) is 3.89 Å². The molecule has 6 heteroatoms. The fraction of sp³-hybridized carbons (Fsp3) is 0. The van der Waals surface area contributed by atoms with Crippen molar-refractivity contribution in [2.45, 2.75) is 0 Å². The van der Waals surface area contributed by atoms with E-state index in [9.17, 15) is 12.3 Å². The first-order chi connectivity index (χ1) is 5.08. The van der Waals surface area contributed by atoms with Gasteiger partial charge in [-0.2, -0.15) is 8.42 Å². The number of rotatable bonds is 2. The largest absolute Gasteiger partial charge is 0.488 e. The molecular weight excluding hydrogens is 173 g/mol. The maximum absolute atomic E-state index is 11.8. The lowest BCUT2D eigenvalue weighted by atomic mass is 10.5. The van der Waals surface area contributed by atoms with Gasteiger partial charge in [0.25, 0.3) is 0 Å². The second kappa shape index (κ2) is 2.83. The average Bonchev–Trinajstić information content (AvgIpc) is 1.85. The molecule has 0 fully saturated rings. The highest BCUT2D eigenvalue weighted by molar-refractivity contribution is 7.81. The molecule has 0 saturated carbocycles. The van der Waals surface area contributed by atoms with E-state index in [0.717, 1.165) is 6.20 Å². The highest BCUT2D eigenvalue weighted by atomic mass is 32.3. The van der Waals surface area contributed by atoms with Gasteiger partial charge >= 0.3 is 10.5 Å². The minimum absolute atomic E-state index is 0.144. The number of halogens is 1. The van der Waals surface area contributed by atoms with Crippen LogP contribution in [0.1, 0.15) is 0 Å². The summed E-state index contributed by atoms with van der Waals surface area (Å²) in [6, 6.07) is 2.71. The zero-order valence-electron chi connectivity index (χ0n) is 5.27. The fourth-order valence-electron chi connectivity index (χ4n) is 0.511. The van der Waals surface area contributed by atoms with E-state index in [4.69, 9.17) is 0 Å². The summed E-state index contributed by atoms with van der Waals surface area (Å²) < 4.78 is 35.4. The van der Waals surface area contributed by atoms with Crippen molar-refractivity contribution in [2.75, 3.05) is 0 Å². The van der Waals surface area contributed by atoms with Crippen molar-refractivity contribution in [3.05, 3.63) is 24.5 Å². The van der Waals surface area contributed by atoms with Crippen molar-refractivity contribution in [3.8, 4) is 5.75 Å². The Morgan fingerprint density at radius 1 is 1.55 bits per heavy atom. The van der Waals surface area contributed by atoms with Gasteiger partial charge in [0.15, 0.2) is 5.75 Å². The Labute approximate surface area is 63.1 Å². The molecule has 0 radical (unpaired) electrons. The molecule has 1 heterocycles. The van der Waals surface area contributed by atoms with Crippen LogP contribution in [0.3, 0.4) is 0 Å². The third-order valence-corrected chi connectivity index (χ3v) is 1.22. The molecule has 1 aromatic heterocycles. The number of nitrogens with zero attached hydrogens (tertiary/aromatic N) is 1. The molecule has 11 heavy (non-hydrogen) atoms. The zero-order chi connectivity index (χ0) is 8.32. The van der Waals surface area contributed by atoms with E-state index in [-0.39, 0.29) is 5.75 Å². The molecule has 0 saturated heterocycles. The lowest BCUT2D eigenvalue weighted by Crippen LogP contribution is -2.00. The van der Waals surface area contributed by atoms with Gasteiger partial charge in [-0.15, -0.1) is 0 Å². The van der Waals surface area contributed by atoms with Crippen molar-refractivity contribution in [2.24, 2.45) is 0 Å². The van der Waals surface area contributed by atoms with Crippen molar-refractivity contribution in [1.29, 1.82) is 0 Å². The van der Waals surface area contributed by atoms with Crippen molar-refractivity contribution >= 4 is 10.5 Å². The molecule has 4 nitrogen and oxygen atoms in total. The standard InChI is InChI=1S/C5H4FNO3S/c6-11(8,9)10-5-2-1-3-7-4-5/h1-4H. The van der Waals surface area contributed by atoms with Crippen LogP contribution in [0, 0.1) is 0 Å². The van der Waals surface area contributed by atoms with Crippen molar-refractivity contribution in [3.63, 3.8) is 0 Å². The van der Waals surface area contributed by atoms with E-state index in [1.807, 2.05) is 0 Å². The molecule has 0 unspecified atom stereocenters. The maximum Gasteiger partial charge on any atom is 0.488 e. The minimum Gasteiger partial charge on any atom is -0.357 e. The first kappa shape index (κ1) is 7.93. The summed E-state index contributed by atoms with van der Waals surface area (Å²) in [5.74, 6) is -0.144. The van der Waals surface area contributed by atoms with E-state index in [2.05, 4.69) is 9.17 Å². The molecule has 0 aliphatic heterocycles. The molecule has 0 amide bonds. The van der Waals surface area contributed by atoms with Gasteiger partial charge in [-0.1, -0.05) is 3.89 Å². The van der Waals surface area contributed by atoms with Gasteiger partial charge in [0.05, 0.1) is 6.20 Å². The molecular formula is C5H4FNO3S. The highest BCUT2D eigenvalue weighted by Gasteiger charge is 2.08. The van der Waals surface area contributed by atoms with Crippen LogP contribution in [0.25, 0.3) is 0 Å². The van der Waals surface area contributed by atoms with Crippen LogP contribution in [0.5, 0.6) is 5.75 Å². The summed E-state index contributed by atoms with van der Waals surface area (Å²) in [5.41, 5.74) is 0. The normalized spacial score (nSPS) is 11.0. The Morgan fingerprint density at radius 3 is 2.73 bits per heavy atom. The van der Waals surface area contributed by atoms with Gasteiger partial charge in [-0.05, 0) is 12.1 Å². The van der Waals surface area contributed by atoms with Crippen LogP contribution in [0.15, 0.2) is 24.5 Å². The molecule has 1 rings (SSSR count). The predicted molar refractivity (Wildman–Crippen MR) is 34.9 cm³/mol. The molecule has 0 aromatic carbocycles. The number of hydrogen-bond donors (Lipinski definition) is 0. The van der Waals surface area contributed by atoms with Crippen molar-refractivity contribution < 1.29 is 16.5 Å². The smallest absolute Gasteiger partial charge is 0.357 e. The Bertz CT molecular complexity index is 323. The van der Waals surface area contributed by atoms with Gasteiger partial charge in [-0.3, -0.25) is 4.98 Å². The first-order valence-corrected chi connectivity index (χ1v) is 3.93. The Hall–Kier alpha value is -1.17. The maximum atomic E-state index is 11.8. The first-order valence-electron chi connectivity index (χ1n) is 2.62. The zero-order valence-corrected chi connectivity index (χ0v) is 6.08. The summed E-state index contributed by atoms with van der Waals surface area (Å²) >= 11 is 0. The van der Waals surface area contributed by atoms with E-state index < -0.39 is 10.5 Å². The Morgan fingerprint density at radius 2 is 2.27 bits per heavy atom. The third kappa shape index (κ3) is 2.94.